The molecule has 0 saturated carbocycles. The molecule has 0 heterocycles. The summed E-state index contributed by atoms with van der Waals surface area (Å²) in [6, 6.07) is 12.9. The SMILES string of the molecule is COc1ccc(C(C)N[C@H](C)CCO)c2ccccc12. The zero-order valence-corrected chi connectivity index (χ0v) is 12.4. The first-order chi connectivity index (χ1) is 9.67. The molecule has 2 aromatic carbocycles. The van der Waals surface area contributed by atoms with Crippen LogP contribution in [0.1, 0.15) is 31.9 Å². The summed E-state index contributed by atoms with van der Waals surface area (Å²) in [5.41, 5.74) is 1.26. The van der Waals surface area contributed by atoms with E-state index in [1.165, 1.54) is 10.9 Å². The molecule has 0 amide bonds. The fraction of sp³-hybridized carbons (Fsp3) is 0.412. The summed E-state index contributed by atoms with van der Waals surface area (Å²) < 4.78 is 5.43. The van der Waals surface area contributed by atoms with Gasteiger partial charge in [0, 0.05) is 24.1 Å². The van der Waals surface area contributed by atoms with Crippen LogP contribution in [-0.2, 0) is 0 Å². The van der Waals surface area contributed by atoms with Crippen molar-refractivity contribution in [2.24, 2.45) is 0 Å². The lowest BCUT2D eigenvalue weighted by Gasteiger charge is -2.21. The predicted octanol–water partition coefficient (Wildman–Crippen LogP) is 3.27. The van der Waals surface area contributed by atoms with E-state index >= 15 is 0 Å². The molecule has 0 saturated heterocycles. The summed E-state index contributed by atoms with van der Waals surface area (Å²) in [4.78, 5) is 0. The van der Waals surface area contributed by atoms with E-state index in [2.05, 4.69) is 43.4 Å². The number of benzene rings is 2. The molecule has 20 heavy (non-hydrogen) atoms. The van der Waals surface area contributed by atoms with E-state index in [1.807, 2.05) is 12.1 Å². The highest BCUT2D eigenvalue weighted by atomic mass is 16.5. The summed E-state index contributed by atoms with van der Waals surface area (Å²) >= 11 is 0. The maximum Gasteiger partial charge on any atom is 0.126 e. The van der Waals surface area contributed by atoms with Gasteiger partial charge in [-0.2, -0.15) is 0 Å². The van der Waals surface area contributed by atoms with Crippen LogP contribution >= 0.6 is 0 Å². The second-order valence-corrected chi connectivity index (χ2v) is 5.20. The van der Waals surface area contributed by atoms with Crippen molar-refractivity contribution in [1.82, 2.24) is 5.32 Å². The van der Waals surface area contributed by atoms with E-state index in [0.717, 1.165) is 17.6 Å². The second-order valence-electron chi connectivity index (χ2n) is 5.20. The molecule has 0 fully saturated rings. The fourth-order valence-corrected chi connectivity index (χ4v) is 2.64. The molecule has 0 aliphatic heterocycles. The average Bonchev–Trinajstić information content (AvgIpc) is 2.46. The van der Waals surface area contributed by atoms with E-state index in [9.17, 15) is 0 Å². The topological polar surface area (TPSA) is 41.5 Å². The summed E-state index contributed by atoms with van der Waals surface area (Å²) in [7, 11) is 1.70. The van der Waals surface area contributed by atoms with Gasteiger partial charge in [-0.3, -0.25) is 0 Å². The minimum Gasteiger partial charge on any atom is -0.496 e. The number of hydrogen-bond donors (Lipinski definition) is 2. The third kappa shape index (κ3) is 3.11. The van der Waals surface area contributed by atoms with Gasteiger partial charge in [-0.25, -0.2) is 0 Å². The number of nitrogens with one attached hydrogen (secondary N) is 1. The average molecular weight is 273 g/mol. The van der Waals surface area contributed by atoms with Crippen LogP contribution < -0.4 is 10.1 Å². The van der Waals surface area contributed by atoms with Crippen LogP contribution in [0.4, 0.5) is 0 Å². The highest BCUT2D eigenvalue weighted by Gasteiger charge is 2.13. The van der Waals surface area contributed by atoms with Crippen molar-refractivity contribution in [3.8, 4) is 5.75 Å². The molecule has 0 aliphatic rings. The van der Waals surface area contributed by atoms with E-state index in [-0.39, 0.29) is 18.7 Å². The number of ether oxygens (including phenoxy) is 1. The third-order valence-electron chi connectivity index (χ3n) is 3.70. The van der Waals surface area contributed by atoms with E-state index in [4.69, 9.17) is 9.84 Å². The number of rotatable bonds is 6. The van der Waals surface area contributed by atoms with Crippen molar-refractivity contribution in [2.75, 3.05) is 13.7 Å². The Morgan fingerprint density at radius 2 is 1.80 bits per heavy atom. The Morgan fingerprint density at radius 1 is 1.10 bits per heavy atom. The van der Waals surface area contributed by atoms with Crippen LogP contribution in [0.3, 0.4) is 0 Å². The van der Waals surface area contributed by atoms with Crippen LogP contribution in [0.2, 0.25) is 0 Å². The molecule has 3 heteroatoms. The number of fused-ring (bicyclic) bond motifs is 1. The lowest BCUT2D eigenvalue weighted by atomic mass is 9.98. The molecule has 3 nitrogen and oxygen atoms in total. The van der Waals surface area contributed by atoms with Gasteiger partial charge in [-0.05, 0) is 37.3 Å². The first kappa shape index (κ1) is 14.8. The Hall–Kier alpha value is -1.58. The van der Waals surface area contributed by atoms with Crippen molar-refractivity contribution in [3.05, 3.63) is 42.0 Å². The van der Waals surface area contributed by atoms with Crippen molar-refractivity contribution < 1.29 is 9.84 Å². The minimum atomic E-state index is 0.213. The first-order valence-electron chi connectivity index (χ1n) is 7.10. The standard InChI is InChI=1S/C17H23NO2/c1-12(10-11-19)18-13(2)14-8-9-17(20-3)16-7-5-4-6-15(14)16/h4-9,12-13,18-19H,10-11H2,1-3H3/t12-,13?/m1/s1. The Labute approximate surface area is 120 Å². The highest BCUT2D eigenvalue weighted by Crippen LogP contribution is 2.31. The van der Waals surface area contributed by atoms with Crippen LogP contribution in [0.15, 0.2) is 36.4 Å². The molecule has 0 radical (unpaired) electrons. The van der Waals surface area contributed by atoms with E-state index in [1.54, 1.807) is 7.11 Å². The van der Waals surface area contributed by atoms with E-state index < -0.39 is 0 Å². The maximum absolute atomic E-state index is 9.00. The molecule has 0 spiro atoms. The molecule has 1 unspecified atom stereocenters. The van der Waals surface area contributed by atoms with Crippen molar-refractivity contribution >= 4 is 10.8 Å². The highest BCUT2D eigenvalue weighted by molar-refractivity contribution is 5.91. The van der Waals surface area contributed by atoms with Crippen LogP contribution in [0.25, 0.3) is 10.8 Å². The van der Waals surface area contributed by atoms with Gasteiger partial charge in [0.2, 0.25) is 0 Å². The molecule has 0 aliphatic carbocycles. The van der Waals surface area contributed by atoms with Gasteiger partial charge in [-0.1, -0.05) is 30.3 Å². The zero-order chi connectivity index (χ0) is 14.5. The molecule has 2 rings (SSSR count). The molecule has 108 valence electrons. The fourth-order valence-electron chi connectivity index (χ4n) is 2.64. The number of methoxy groups -OCH3 is 1. The largest absolute Gasteiger partial charge is 0.496 e. The second kappa shape index (κ2) is 6.73. The van der Waals surface area contributed by atoms with Crippen molar-refractivity contribution in [3.63, 3.8) is 0 Å². The zero-order valence-electron chi connectivity index (χ0n) is 12.4. The number of aliphatic hydroxyl groups is 1. The Kier molecular flexibility index (Phi) is 4.99. The maximum atomic E-state index is 9.00. The minimum absolute atomic E-state index is 0.213. The third-order valence-corrected chi connectivity index (χ3v) is 3.70. The molecule has 0 aromatic heterocycles. The Balaban J connectivity index is 2.35. The van der Waals surface area contributed by atoms with Crippen LogP contribution in [0.5, 0.6) is 5.75 Å². The van der Waals surface area contributed by atoms with Gasteiger partial charge < -0.3 is 15.2 Å². The van der Waals surface area contributed by atoms with Crippen molar-refractivity contribution in [2.45, 2.75) is 32.4 Å². The van der Waals surface area contributed by atoms with Gasteiger partial charge in [0.15, 0.2) is 0 Å². The smallest absolute Gasteiger partial charge is 0.126 e. The summed E-state index contributed by atoms with van der Waals surface area (Å²) in [6.45, 7) is 4.46. The van der Waals surface area contributed by atoms with E-state index in [0.29, 0.717) is 0 Å². The predicted molar refractivity (Wildman–Crippen MR) is 83.2 cm³/mol. The summed E-state index contributed by atoms with van der Waals surface area (Å²) in [5, 5.41) is 14.9. The van der Waals surface area contributed by atoms with Gasteiger partial charge >= 0.3 is 0 Å². The molecule has 2 aromatic rings. The molecule has 2 N–H and O–H groups in total. The Bertz CT molecular complexity index is 568. The normalized spacial score (nSPS) is 14.2. The molecular formula is C17H23NO2. The van der Waals surface area contributed by atoms with Gasteiger partial charge in [0.1, 0.15) is 5.75 Å². The number of hydrogen-bond acceptors (Lipinski definition) is 3. The lowest BCUT2D eigenvalue weighted by Crippen LogP contribution is -2.29. The van der Waals surface area contributed by atoms with Crippen LogP contribution in [0, 0.1) is 0 Å². The monoisotopic (exact) mass is 273 g/mol. The van der Waals surface area contributed by atoms with Gasteiger partial charge in [0.05, 0.1) is 7.11 Å². The van der Waals surface area contributed by atoms with Crippen LogP contribution in [-0.4, -0.2) is 24.9 Å². The summed E-state index contributed by atoms with van der Waals surface area (Å²) in [6.07, 6.45) is 0.762. The molecule has 2 atom stereocenters. The van der Waals surface area contributed by atoms with Crippen molar-refractivity contribution in [1.29, 1.82) is 0 Å². The summed E-state index contributed by atoms with van der Waals surface area (Å²) in [5.74, 6) is 0.903. The Morgan fingerprint density at radius 3 is 2.45 bits per heavy atom. The number of aliphatic hydroxyl groups excluding tert-OH is 1. The lowest BCUT2D eigenvalue weighted by molar-refractivity contribution is 0.264. The first-order valence-corrected chi connectivity index (χ1v) is 7.10. The van der Waals surface area contributed by atoms with Gasteiger partial charge in [-0.15, -0.1) is 0 Å². The quantitative estimate of drug-likeness (QED) is 0.848. The molecular weight excluding hydrogens is 250 g/mol. The molecule has 0 bridgehead atoms. The van der Waals surface area contributed by atoms with Gasteiger partial charge in [0.25, 0.3) is 0 Å².